The third-order valence-corrected chi connectivity index (χ3v) is 1.78. The van der Waals surface area contributed by atoms with Crippen LogP contribution in [-0.4, -0.2) is 30.9 Å². The van der Waals surface area contributed by atoms with Crippen molar-refractivity contribution in [2.24, 2.45) is 0 Å². The molecule has 0 aliphatic rings. The summed E-state index contributed by atoms with van der Waals surface area (Å²) in [6.45, 7) is 0. The summed E-state index contributed by atoms with van der Waals surface area (Å²) in [5, 5.41) is 19.6. The molecule has 7 nitrogen and oxygen atoms in total. The number of aromatic nitrogens is 4. The largest absolute Gasteiger partial charge is 0.478 e. The van der Waals surface area contributed by atoms with Crippen LogP contribution in [0.1, 0.15) is 10.4 Å². The zero-order valence-electron chi connectivity index (χ0n) is 6.68. The minimum atomic E-state index is -1.16. The summed E-state index contributed by atoms with van der Waals surface area (Å²) in [6.07, 6.45) is 0. The standard InChI is InChI=1S/C6H4ClN5O2/c7-3-1-2(5(13)14)4-9-10-6(8)12(4)11-3/h1H,(H2,8,10)(H,13,14). The highest BCUT2D eigenvalue weighted by molar-refractivity contribution is 6.29. The predicted molar refractivity (Wildman–Crippen MR) is 47.2 cm³/mol. The van der Waals surface area contributed by atoms with Crippen molar-refractivity contribution in [2.75, 3.05) is 5.73 Å². The zero-order valence-corrected chi connectivity index (χ0v) is 7.43. The Kier molecular flexibility index (Phi) is 1.74. The summed E-state index contributed by atoms with van der Waals surface area (Å²) in [4.78, 5) is 10.8. The third kappa shape index (κ3) is 1.14. The number of hydrogen-bond acceptors (Lipinski definition) is 5. The number of rotatable bonds is 1. The first-order valence-electron chi connectivity index (χ1n) is 3.50. The monoisotopic (exact) mass is 213 g/mol. The van der Waals surface area contributed by atoms with Crippen molar-refractivity contribution < 1.29 is 9.90 Å². The maximum Gasteiger partial charge on any atom is 0.339 e. The quantitative estimate of drug-likeness (QED) is 0.694. The molecule has 0 fully saturated rings. The van der Waals surface area contributed by atoms with Gasteiger partial charge < -0.3 is 10.8 Å². The van der Waals surface area contributed by atoms with E-state index in [-0.39, 0.29) is 22.3 Å². The molecule has 0 aromatic carbocycles. The Labute approximate surface area is 82.1 Å². The highest BCUT2D eigenvalue weighted by atomic mass is 35.5. The minimum Gasteiger partial charge on any atom is -0.478 e. The topological polar surface area (TPSA) is 106 Å². The molecule has 14 heavy (non-hydrogen) atoms. The van der Waals surface area contributed by atoms with E-state index >= 15 is 0 Å². The highest BCUT2D eigenvalue weighted by Gasteiger charge is 2.15. The molecule has 0 aliphatic heterocycles. The molecule has 0 bridgehead atoms. The Hall–Kier alpha value is -1.89. The van der Waals surface area contributed by atoms with Crippen LogP contribution >= 0.6 is 11.6 Å². The van der Waals surface area contributed by atoms with Gasteiger partial charge in [0.05, 0.1) is 0 Å². The summed E-state index contributed by atoms with van der Waals surface area (Å²) < 4.78 is 1.08. The number of fused-ring (bicyclic) bond motifs is 1. The van der Waals surface area contributed by atoms with Crippen molar-refractivity contribution in [1.82, 2.24) is 19.8 Å². The van der Waals surface area contributed by atoms with Crippen LogP contribution in [0, 0.1) is 0 Å². The van der Waals surface area contributed by atoms with Gasteiger partial charge in [0.15, 0.2) is 10.8 Å². The molecule has 0 atom stereocenters. The second kappa shape index (κ2) is 2.81. The SMILES string of the molecule is Nc1nnc2c(C(=O)O)cc(Cl)nn12. The first-order valence-corrected chi connectivity index (χ1v) is 3.88. The van der Waals surface area contributed by atoms with E-state index < -0.39 is 5.97 Å². The zero-order chi connectivity index (χ0) is 10.3. The van der Waals surface area contributed by atoms with Crippen LogP contribution < -0.4 is 5.73 Å². The van der Waals surface area contributed by atoms with Crippen molar-refractivity contribution in [3.05, 3.63) is 16.8 Å². The number of anilines is 1. The van der Waals surface area contributed by atoms with Gasteiger partial charge in [-0.2, -0.15) is 9.61 Å². The lowest BCUT2D eigenvalue weighted by Gasteiger charge is -1.98. The normalized spacial score (nSPS) is 10.6. The number of hydrogen-bond donors (Lipinski definition) is 2. The maximum absolute atomic E-state index is 10.8. The lowest BCUT2D eigenvalue weighted by molar-refractivity contribution is 0.0698. The van der Waals surface area contributed by atoms with E-state index in [0.717, 1.165) is 4.52 Å². The van der Waals surface area contributed by atoms with Gasteiger partial charge in [0.1, 0.15) is 5.56 Å². The fourth-order valence-corrected chi connectivity index (χ4v) is 1.21. The second-order valence-electron chi connectivity index (χ2n) is 2.48. The smallest absolute Gasteiger partial charge is 0.339 e. The second-order valence-corrected chi connectivity index (χ2v) is 2.87. The van der Waals surface area contributed by atoms with E-state index in [2.05, 4.69) is 15.3 Å². The predicted octanol–water partition coefficient (Wildman–Crippen LogP) is 0.0581. The van der Waals surface area contributed by atoms with Crippen molar-refractivity contribution >= 4 is 29.2 Å². The molecule has 2 aromatic rings. The molecule has 3 N–H and O–H groups in total. The van der Waals surface area contributed by atoms with E-state index in [4.69, 9.17) is 22.4 Å². The van der Waals surface area contributed by atoms with Crippen molar-refractivity contribution in [1.29, 1.82) is 0 Å². The van der Waals surface area contributed by atoms with Crippen LogP contribution in [0.2, 0.25) is 5.15 Å². The first kappa shape index (κ1) is 8.70. The van der Waals surface area contributed by atoms with Crippen molar-refractivity contribution in [2.45, 2.75) is 0 Å². The van der Waals surface area contributed by atoms with E-state index in [1.54, 1.807) is 0 Å². The number of nitrogen functional groups attached to an aromatic ring is 1. The van der Waals surface area contributed by atoms with Crippen molar-refractivity contribution in [3.63, 3.8) is 0 Å². The van der Waals surface area contributed by atoms with Crippen LogP contribution in [-0.2, 0) is 0 Å². The first-order chi connectivity index (χ1) is 6.59. The average Bonchev–Trinajstić information content (AvgIpc) is 2.47. The number of carbonyl (C=O) groups is 1. The Morgan fingerprint density at radius 3 is 2.93 bits per heavy atom. The molecule has 2 rings (SSSR count). The molecule has 2 aromatic heterocycles. The molecular weight excluding hydrogens is 210 g/mol. The summed E-state index contributed by atoms with van der Waals surface area (Å²) in [6, 6.07) is 1.19. The summed E-state index contributed by atoms with van der Waals surface area (Å²) in [5.41, 5.74) is 5.37. The number of nitrogens with zero attached hydrogens (tertiary/aromatic N) is 4. The molecule has 0 unspecified atom stereocenters. The van der Waals surface area contributed by atoms with E-state index in [0.29, 0.717) is 0 Å². The van der Waals surface area contributed by atoms with Gasteiger partial charge >= 0.3 is 5.97 Å². The number of carboxylic acids is 1. The minimum absolute atomic E-state index is 0.00926. The Bertz CT molecular complexity index is 522. The maximum atomic E-state index is 10.8. The molecule has 2 heterocycles. The molecule has 72 valence electrons. The average molecular weight is 214 g/mol. The molecule has 0 spiro atoms. The highest BCUT2D eigenvalue weighted by Crippen LogP contribution is 2.14. The van der Waals surface area contributed by atoms with Crippen LogP contribution in [0.15, 0.2) is 6.07 Å². The Morgan fingerprint density at radius 2 is 2.29 bits per heavy atom. The van der Waals surface area contributed by atoms with Gasteiger partial charge in [-0.1, -0.05) is 11.6 Å². The molecule has 0 aliphatic carbocycles. The van der Waals surface area contributed by atoms with Crippen LogP contribution in [0.3, 0.4) is 0 Å². The number of carboxylic acid groups (broad SMARTS) is 1. The van der Waals surface area contributed by atoms with Crippen molar-refractivity contribution in [3.8, 4) is 0 Å². The number of aromatic carboxylic acids is 1. The fourth-order valence-electron chi connectivity index (χ4n) is 1.02. The summed E-state index contributed by atoms with van der Waals surface area (Å²) in [7, 11) is 0. The lowest BCUT2D eigenvalue weighted by Crippen LogP contribution is -2.05. The number of halogens is 1. The van der Waals surface area contributed by atoms with Gasteiger partial charge in [-0.05, 0) is 6.07 Å². The fraction of sp³-hybridized carbons (Fsp3) is 0. The van der Waals surface area contributed by atoms with E-state index in [1.807, 2.05) is 0 Å². The van der Waals surface area contributed by atoms with Gasteiger partial charge in [0, 0.05) is 0 Å². The van der Waals surface area contributed by atoms with Gasteiger partial charge in [-0.15, -0.1) is 10.2 Å². The van der Waals surface area contributed by atoms with Crippen LogP contribution in [0.4, 0.5) is 5.95 Å². The van der Waals surface area contributed by atoms with Gasteiger partial charge in [0.2, 0.25) is 5.95 Å². The molecular formula is C6H4ClN5O2. The molecule has 0 saturated heterocycles. The number of nitrogens with two attached hydrogens (primary N) is 1. The van der Waals surface area contributed by atoms with Crippen LogP contribution in [0.25, 0.3) is 5.65 Å². The van der Waals surface area contributed by atoms with Gasteiger partial charge in [-0.3, -0.25) is 0 Å². The third-order valence-electron chi connectivity index (χ3n) is 1.60. The lowest BCUT2D eigenvalue weighted by atomic mass is 10.3. The van der Waals surface area contributed by atoms with Gasteiger partial charge in [-0.25, -0.2) is 4.79 Å². The molecule has 0 radical (unpaired) electrons. The van der Waals surface area contributed by atoms with Gasteiger partial charge in [0.25, 0.3) is 0 Å². The summed E-state index contributed by atoms with van der Waals surface area (Å²) >= 11 is 5.59. The van der Waals surface area contributed by atoms with E-state index in [9.17, 15) is 4.79 Å². The Morgan fingerprint density at radius 1 is 1.57 bits per heavy atom. The Balaban J connectivity index is 2.88. The molecule has 0 amide bonds. The van der Waals surface area contributed by atoms with Crippen LogP contribution in [0.5, 0.6) is 0 Å². The molecule has 8 heteroatoms. The molecule has 0 saturated carbocycles. The summed E-state index contributed by atoms with van der Waals surface area (Å²) in [5.74, 6) is -1.17. The van der Waals surface area contributed by atoms with E-state index in [1.165, 1.54) is 6.07 Å².